The Hall–Kier alpha value is -2.45. The first-order chi connectivity index (χ1) is 11.8. The molecule has 1 aromatic heterocycles. The van der Waals surface area contributed by atoms with Crippen molar-refractivity contribution in [2.75, 3.05) is 4.72 Å². The lowest BCUT2D eigenvalue weighted by atomic mass is 10.2. The molecule has 3 rings (SSSR count). The van der Waals surface area contributed by atoms with Crippen molar-refractivity contribution < 1.29 is 17.2 Å². The maximum Gasteiger partial charge on any atom is 0.266 e. The van der Waals surface area contributed by atoms with E-state index in [1.165, 1.54) is 10.9 Å². The van der Waals surface area contributed by atoms with Crippen molar-refractivity contribution in [3.63, 3.8) is 0 Å². The summed E-state index contributed by atoms with van der Waals surface area (Å²) >= 11 is 6.01. The SMILES string of the molecule is O=S(=O)(Nc1nn(Cc2ccccc2)cc1Cl)c1ccc(F)cc1F. The average Bonchev–Trinajstić information content (AvgIpc) is 2.86. The van der Waals surface area contributed by atoms with Crippen molar-refractivity contribution in [2.45, 2.75) is 11.4 Å². The predicted octanol–water partition coefficient (Wildman–Crippen LogP) is 3.66. The summed E-state index contributed by atoms with van der Waals surface area (Å²) in [5.74, 6) is -2.21. The fraction of sp³-hybridized carbons (Fsp3) is 0.0625. The van der Waals surface area contributed by atoms with Gasteiger partial charge in [0.15, 0.2) is 5.82 Å². The Balaban J connectivity index is 1.85. The van der Waals surface area contributed by atoms with Crippen molar-refractivity contribution in [2.24, 2.45) is 0 Å². The van der Waals surface area contributed by atoms with Gasteiger partial charge < -0.3 is 0 Å². The minimum absolute atomic E-state index is 0.0574. The molecule has 130 valence electrons. The summed E-state index contributed by atoms with van der Waals surface area (Å²) in [4.78, 5) is -0.692. The first-order valence-corrected chi connectivity index (χ1v) is 8.96. The fourth-order valence-electron chi connectivity index (χ4n) is 2.19. The van der Waals surface area contributed by atoms with E-state index in [1.54, 1.807) is 0 Å². The zero-order chi connectivity index (χ0) is 18.0. The van der Waals surface area contributed by atoms with Crippen LogP contribution in [0.25, 0.3) is 0 Å². The molecule has 0 radical (unpaired) electrons. The number of halogens is 3. The third-order valence-electron chi connectivity index (χ3n) is 3.32. The summed E-state index contributed by atoms with van der Waals surface area (Å²) in [5, 5.41) is 4.12. The highest BCUT2D eigenvalue weighted by molar-refractivity contribution is 7.92. The molecule has 1 N–H and O–H groups in total. The molecule has 0 unspecified atom stereocenters. The molecule has 0 saturated carbocycles. The fourth-order valence-corrected chi connectivity index (χ4v) is 3.52. The molecule has 0 aliphatic rings. The number of hydrogen-bond acceptors (Lipinski definition) is 3. The molecule has 5 nitrogen and oxygen atoms in total. The van der Waals surface area contributed by atoms with Gasteiger partial charge in [0, 0.05) is 12.3 Å². The van der Waals surface area contributed by atoms with Crippen molar-refractivity contribution in [3.05, 3.63) is 76.9 Å². The second-order valence-corrected chi connectivity index (χ2v) is 7.25. The molecule has 25 heavy (non-hydrogen) atoms. The van der Waals surface area contributed by atoms with Gasteiger partial charge in [0.05, 0.1) is 6.54 Å². The largest absolute Gasteiger partial charge is 0.266 e. The molecular weight excluding hydrogens is 372 g/mol. The number of nitrogens with zero attached hydrogens (tertiary/aromatic N) is 2. The van der Waals surface area contributed by atoms with Crippen LogP contribution in [0, 0.1) is 11.6 Å². The van der Waals surface area contributed by atoms with Gasteiger partial charge in [-0.1, -0.05) is 41.9 Å². The van der Waals surface area contributed by atoms with Gasteiger partial charge in [-0.25, -0.2) is 17.2 Å². The van der Waals surface area contributed by atoms with E-state index in [1.807, 2.05) is 30.3 Å². The lowest BCUT2D eigenvalue weighted by Crippen LogP contribution is -2.15. The lowest BCUT2D eigenvalue weighted by molar-refractivity contribution is 0.551. The number of sulfonamides is 1. The molecule has 2 aromatic carbocycles. The van der Waals surface area contributed by atoms with E-state index < -0.39 is 26.6 Å². The van der Waals surface area contributed by atoms with Gasteiger partial charge in [-0.15, -0.1) is 0 Å². The van der Waals surface area contributed by atoms with Gasteiger partial charge in [0.2, 0.25) is 0 Å². The van der Waals surface area contributed by atoms with Crippen LogP contribution in [0.15, 0.2) is 59.6 Å². The normalized spacial score (nSPS) is 11.5. The van der Waals surface area contributed by atoms with E-state index in [0.717, 1.165) is 17.7 Å². The van der Waals surface area contributed by atoms with Crippen LogP contribution in [-0.2, 0) is 16.6 Å². The number of hydrogen-bond donors (Lipinski definition) is 1. The minimum atomic E-state index is -4.29. The van der Waals surface area contributed by atoms with Gasteiger partial charge in [-0.3, -0.25) is 9.40 Å². The minimum Gasteiger partial charge on any atom is -0.265 e. The number of aromatic nitrogens is 2. The monoisotopic (exact) mass is 383 g/mol. The first-order valence-electron chi connectivity index (χ1n) is 7.10. The molecule has 0 spiro atoms. The number of rotatable bonds is 5. The predicted molar refractivity (Wildman–Crippen MR) is 89.9 cm³/mol. The van der Waals surface area contributed by atoms with Crippen LogP contribution in [0.1, 0.15) is 5.56 Å². The molecular formula is C16H12ClF2N3O2S. The van der Waals surface area contributed by atoms with E-state index >= 15 is 0 Å². The van der Waals surface area contributed by atoms with Crippen molar-refractivity contribution in [1.82, 2.24) is 9.78 Å². The summed E-state index contributed by atoms with van der Waals surface area (Å²) in [6.07, 6.45) is 1.45. The van der Waals surface area contributed by atoms with E-state index in [-0.39, 0.29) is 10.8 Å². The molecule has 0 amide bonds. The van der Waals surface area contributed by atoms with E-state index in [4.69, 9.17) is 11.6 Å². The van der Waals surface area contributed by atoms with Crippen LogP contribution in [0.4, 0.5) is 14.6 Å². The molecule has 0 aliphatic heterocycles. The van der Waals surface area contributed by atoms with Crippen LogP contribution in [0.2, 0.25) is 5.02 Å². The van der Waals surface area contributed by atoms with Gasteiger partial charge >= 0.3 is 0 Å². The summed E-state index contributed by atoms with van der Waals surface area (Å²) in [6, 6.07) is 11.5. The third kappa shape index (κ3) is 3.97. The Morgan fingerprint density at radius 3 is 2.52 bits per heavy atom. The lowest BCUT2D eigenvalue weighted by Gasteiger charge is -2.07. The topological polar surface area (TPSA) is 64.0 Å². The van der Waals surface area contributed by atoms with Crippen LogP contribution in [0.3, 0.4) is 0 Å². The van der Waals surface area contributed by atoms with Crippen LogP contribution >= 0.6 is 11.6 Å². The summed E-state index contributed by atoms with van der Waals surface area (Å²) < 4.78 is 54.8. The highest BCUT2D eigenvalue weighted by Gasteiger charge is 2.22. The van der Waals surface area contributed by atoms with Crippen LogP contribution < -0.4 is 4.72 Å². The van der Waals surface area contributed by atoms with Gasteiger partial charge in [-0.05, 0) is 17.7 Å². The molecule has 0 saturated heterocycles. The highest BCUT2D eigenvalue weighted by atomic mass is 35.5. The molecule has 0 aliphatic carbocycles. The Labute approximate surface area is 147 Å². The zero-order valence-electron chi connectivity index (χ0n) is 12.7. The van der Waals surface area contributed by atoms with E-state index in [9.17, 15) is 17.2 Å². The van der Waals surface area contributed by atoms with E-state index in [0.29, 0.717) is 12.6 Å². The third-order valence-corrected chi connectivity index (χ3v) is 4.97. The van der Waals surface area contributed by atoms with Crippen molar-refractivity contribution in [3.8, 4) is 0 Å². The maximum atomic E-state index is 13.7. The average molecular weight is 384 g/mol. The summed E-state index contributed by atoms with van der Waals surface area (Å²) in [6.45, 7) is 0.382. The van der Waals surface area contributed by atoms with Gasteiger partial charge in [0.25, 0.3) is 10.0 Å². The second-order valence-electron chi connectivity index (χ2n) is 5.19. The van der Waals surface area contributed by atoms with Gasteiger partial charge in [0.1, 0.15) is 21.6 Å². The Morgan fingerprint density at radius 1 is 1.12 bits per heavy atom. The number of anilines is 1. The zero-order valence-corrected chi connectivity index (χ0v) is 14.2. The van der Waals surface area contributed by atoms with Crippen molar-refractivity contribution >= 4 is 27.4 Å². The Bertz CT molecular complexity index is 1010. The van der Waals surface area contributed by atoms with E-state index in [2.05, 4.69) is 9.82 Å². The van der Waals surface area contributed by atoms with Crippen molar-refractivity contribution in [1.29, 1.82) is 0 Å². The van der Waals surface area contributed by atoms with Gasteiger partial charge in [-0.2, -0.15) is 5.10 Å². The first kappa shape index (κ1) is 17.4. The smallest absolute Gasteiger partial charge is 0.265 e. The summed E-state index contributed by atoms with van der Waals surface area (Å²) in [5.41, 5.74) is 0.945. The molecule has 1 heterocycles. The number of benzene rings is 2. The van der Waals surface area contributed by atoms with Crippen LogP contribution in [-0.4, -0.2) is 18.2 Å². The summed E-state index contributed by atoms with van der Waals surface area (Å²) in [7, 11) is -4.29. The maximum absolute atomic E-state index is 13.7. The quantitative estimate of drug-likeness (QED) is 0.731. The Kier molecular flexibility index (Phi) is 4.73. The molecule has 0 fully saturated rings. The second kappa shape index (κ2) is 6.81. The highest BCUT2D eigenvalue weighted by Crippen LogP contribution is 2.24. The standard InChI is InChI=1S/C16H12ClF2N3O2S/c17-13-10-22(9-11-4-2-1-3-5-11)20-16(13)21-25(23,24)15-7-6-12(18)8-14(15)19/h1-8,10H,9H2,(H,20,21). The van der Waals surface area contributed by atoms with Crippen LogP contribution in [0.5, 0.6) is 0 Å². The molecule has 9 heteroatoms. The molecule has 0 bridgehead atoms. The molecule has 3 aromatic rings. The Morgan fingerprint density at radius 2 is 1.84 bits per heavy atom. The molecule has 0 atom stereocenters. The number of nitrogens with one attached hydrogen (secondary N) is 1.